The molecule has 0 saturated carbocycles. The number of methoxy groups -OCH3 is 8. The van der Waals surface area contributed by atoms with E-state index >= 15 is 0 Å². The third-order valence-electron chi connectivity index (χ3n) is 9.18. The average Bonchev–Trinajstić information content (AvgIpc) is 3.25. The second-order valence-corrected chi connectivity index (χ2v) is 12.1. The molecule has 0 bridgehead atoms. The third kappa shape index (κ3) is 8.08. The van der Waals surface area contributed by atoms with Crippen LogP contribution in [0.25, 0.3) is 0 Å². The Morgan fingerprint density at radius 3 is 0.691 bits per heavy atom. The summed E-state index contributed by atoms with van der Waals surface area (Å²) in [5, 5.41) is 0. The predicted molar refractivity (Wildman–Crippen MR) is 217 cm³/mol. The van der Waals surface area contributed by atoms with Gasteiger partial charge in [-0.25, -0.2) is 0 Å². The van der Waals surface area contributed by atoms with Gasteiger partial charge in [0.15, 0.2) is 34.1 Å². The summed E-state index contributed by atoms with van der Waals surface area (Å²) in [7, 11) is 13.2. The van der Waals surface area contributed by atoms with E-state index in [2.05, 4.69) is 9.80 Å². The van der Waals surface area contributed by atoms with E-state index in [4.69, 9.17) is 37.9 Å². The van der Waals surface area contributed by atoms with Gasteiger partial charge in [-0.05, 0) is 97.1 Å². The first-order valence-corrected chi connectivity index (χ1v) is 17.4. The number of benzene rings is 6. The molecule has 6 aromatic carbocycles. The van der Waals surface area contributed by atoms with E-state index in [0.717, 1.165) is 57.1 Å². The minimum Gasteiger partial charge on any atom is -0.497 e. The van der Waals surface area contributed by atoms with Crippen LogP contribution in [0.3, 0.4) is 0 Å². The van der Waals surface area contributed by atoms with Crippen molar-refractivity contribution in [2.24, 2.45) is 0 Å². The van der Waals surface area contributed by atoms with Crippen molar-refractivity contribution in [2.75, 3.05) is 66.7 Å². The Bertz CT molecular complexity index is 1870. The van der Waals surface area contributed by atoms with Crippen LogP contribution in [-0.2, 0) is 0 Å². The maximum Gasteiger partial charge on any atom is 0.196 e. The number of hydrogen-bond donors (Lipinski definition) is 0. The topological polar surface area (TPSA) is 80.3 Å². The van der Waals surface area contributed by atoms with Crippen molar-refractivity contribution >= 4 is 34.1 Å². The lowest BCUT2D eigenvalue weighted by Crippen LogP contribution is -2.12. The Hall–Kier alpha value is -6.81. The fourth-order valence-electron chi connectivity index (χ4n) is 6.36. The maximum absolute atomic E-state index is 6.07. The van der Waals surface area contributed by atoms with Crippen molar-refractivity contribution in [3.63, 3.8) is 0 Å². The molecule has 6 rings (SSSR count). The van der Waals surface area contributed by atoms with E-state index in [9.17, 15) is 0 Å². The van der Waals surface area contributed by atoms with Gasteiger partial charge in [0.25, 0.3) is 0 Å². The monoisotopic (exact) mass is 741 g/mol. The van der Waals surface area contributed by atoms with Gasteiger partial charge >= 0.3 is 0 Å². The quantitative estimate of drug-likeness (QED) is 0.0895. The summed E-state index contributed by atoms with van der Waals surface area (Å²) < 4.78 is 46.1. The molecular weight excluding hydrogens is 697 g/mol. The summed E-state index contributed by atoms with van der Waals surface area (Å²) >= 11 is 0. The molecule has 10 nitrogen and oxygen atoms in total. The fourth-order valence-corrected chi connectivity index (χ4v) is 6.36. The van der Waals surface area contributed by atoms with Crippen molar-refractivity contribution in [1.29, 1.82) is 0 Å². The van der Waals surface area contributed by atoms with Crippen LogP contribution >= 0.6 is 0 Å². The maximum atomic E-state index is 6.07. The molecule has 0 N–H and O–H groups in total. The van der Waals surface area contributed by atoms with Crippen molar-refractivity contribution < 1.29 is 37.9 Å². The molecular formula is C45H45N2O8+. The second kappa shape index (κ2) is 17.3. The lowest BCUT2D eigenvalue weighted by Gasteiger charge is -2.27. The van der Waals surface area contributed by atoms with E-state index in [1.165, 1.54) is 0 Å². The molecule has 0 unspecified atom stereocenters. The Balaban J connectivity index is 1.45. The number of anilines is 6. The molecule has 10 heteroatoms. The van der Waals surface area contributed by atoms with E-state index in [1.54, 1.807) is 56.9 Å². The van der Waals surface area contributed by atoms with Gasteiger partial charge in [0.05, 0.1) is 68.3 Å². The first kappa shape index (κ1) is 37.9. The summed E-state index contributed by atoms with van der Waals surface area (Å²) in [5.74, 6) is 5.32. The third-order valence-corrected chi connectivity index (χ3v) is 9.18. The number of hydrogen-bond acceptors (Lipinski definition) is 10. The van der Waals surface area contributed by atoms with Crippen LogP contribution in [-0.4, -0.2) is 56.9 Å². The minimum absolute atomic E-state index is 0.577. The summed E-state index contributed by atoms with van der Waals surface area (Å²) in [6, 6.07) is 39.3. The van der Waals surface area contributed by atoms with Crippen LogP contribution in [0.15, 0.2) is 121 Å². The SMILES string of the molecule is COc1ccc(N(c2ccc(OC)cc2)c2cc(OC)c([CH+]c3c(OC)cc(N(c4ccc(OC)cc4)c4ccc(OC)cc4)cc3OC)c(OC)c2)cc1. The molecule has 0 spiro atoms. The zero-order valence-electron chi connectivity index (χ0n) is 32.3. The molecule has 0 radical (unpaired) electrons. The molecule has 55 heavy (non-hydrogen) atoms. The molecule has 0 heterocycles. The minimum atomic E-state index is 0.577. The molecule has 0 aromatic heterocycles. The van der Waals surface area contributed by atoms with Gasteiger partial charge in [0.1, 0.15) is 23.0 Å². The zero-order valence-corrected chi connectivity index (χ0v) is 32.3. The smallest absolute Gasteiger partial charge is 0.196 e. The Kier molecular flexibility index (Phi) is 12.0. The number of rotatable bonds is 16. The molecule has 0 amide bonds. The van der Waals surface area contributed by atoms with Gasteiger partial charge in [-0.3, -0.25) is 0 Å². The van der Waals surface area contributed by atoms with E-state index < -0.39 is 0 Å². The van der Waals surface area contributed by atoms with Crippen LogP contribution in [0.2, 0.25) is 0 Å². The second-order valence-electron chi connectivity index (χ2n) is 12.1. The van der Waals surface area contributed by atoms with Crippen LogP contribution in [0, 0.1) is 6.42 Å². The zero-order chi connectivity index (χ0) is 38.9. The lowest BCUT2D eigenvalue weighted by atomic mass is 9.99. The fraction of sp³-hybridized carbons (Fsp3) is 0.178. The van der Waals surface area contributed by atoms with Gasteiger partial charge in [0.2, 0.25) is 0 Å². The van der Waals surface area contributed by atoms with Gasteiger partial charge in [-0.15, -0.1) is 0 Å². The number of nitrogens with zero attached hydrogens (tertiary/aromatic N) is 2. The molecule has 282 valence electrons. The first-order valence-electron chi connectivity index (χ1n) is 17.4. The Morgan fingerprint density at radius 1 is 0.291 bits per heavy atom. The molecule has 0 aliphatic rings. The molecule has 0 fully saturated rings. The molecule has 0 saturated heterocycles. The van der Waals surface area contributed by atoms with Crippen molar-refractivity contribution in [3.8, 4) is 46.0 Å². The van der Waals surface area contributed by atoms with Gasteiger partial charge in [0, 0.05) is 53.4 Å². The molecule has 0 atom stereocenters. The summed E-state index contributed by atoms with van der Waals surface area (Å²) in [6.07, 6.45) is 1.96. The van der Waals surface area contributed by atoms with Crippen LogP contribution in [0.1, 0.15) is 11.1 Å². The largest absolute Gasteiger partial charge is 0.497 e. The predicted octanol–water partition coefficient (Wildman–Crippen LogP) is 10.3. The average molecular weight is 742 g/mol. The summed E-state index contributed by atoms with van der Waals surface area (Å²) in [5.41, 5.74) is 6.64. The molecule has 0 aliphatic carbocycles. The van der Waals surface area contributed by atoms with Crippen LogP contribution in [0.5, 0.6) is 46.0 Å². The van der Waals surface area contributed by atoms with E-state index in [0.29, 0.717) is 34.1 Å². The standard InChI is InChI=1S/C45H45N2O8/c1-48-36-17-9-30(10-18-36)46(31-11-19-37(49-2)20-12-31)34-25-42(52-5)40(43(26-34)53-6)29-41-44(54-7)27-35(28-45(41)55-8)47(32-13-21-38(50-3)22-14-32)33-15-23-39(51-4)24-16-33/h9-29H,1-8H3/q+1. The van der Waals surface area contributed by atoms with Crippen molar-refractivity contribution in [3.05, 3.63) is 139 Å². The highest BCUT2D eigenvalue weighted by atomic mass is 16.5. The van der Waals surface area contributed by atoms with E-state index in [1.807, 2.05) is 128 Å². The van der Waals surface area contributed by atoms with Gasteiger partial charge in [-0.1, -0.05) is 0 Å². The number of ether oxygens (including phenoxy) is 8. The van der Waals surface area contributed by atoms with Crippen LogP contribution in [0.4, 0.5) is 34.1 Å². The molecule has 6 aromatic rings. The summed E-state index contributed by atoms with van der Waals surface area (Å²) in [4.78, 5) is 4.22. The lowest BCUT2D eigenvalue weighted by molar-refractivity contribution is 0.384. The first-order chi connectivity index (χ1) is 26.9. The van der Waals surface area contributed by atoms with E-state index in [-0.39, 0.29) is 0 Å². The summed E-state index contributed by atoms with van der Waals surface area (Å²) in [6.45, 7) is 0. The molecule has 0 aliphatic heterocycles. The van der Waals surface area contributed by atoms with Gasteiger partial charge in [-0.2, -0.15) is 0 Å². The Morgan fingerprint density at radius 2 is 0.509 bits per heavy atom. The Labute approximate surface area is 322 Å². The van der Waals surface area contributed by atoms with Crippen LogP contribution < -0.4 is 47.7 Å². The highest BCUT2D eigenvalue weighted by molar-refractivity contribution is 5.82. The normalized spacial score (nSPS) is 10.5. The van der Waals surface area contributed by atoms with Crippen molar-refractivity contribution in [1.82, 2.24) is 0 Å². The highest BCUT2D eigenvalue weighted by Crippen LogP contribution is 2.47. The van der Waals surface area contributed by atoms with Gasteiger partial charge < -0.3 is 47.7 Å². The van der Waals surface area contributed by atoms with Crippen molar-refractivity contribution in [2.45, 2.75) is 0 Å². The highest BCUT2D eigenvalue weighted by Gasteiger charge is 2.29.